The standard InChI is InChI=1S/C8H5Cl2FO2/c1-13-4-2-5(9)7(8(10)12)6(11)3-4/h2-3H,1H3. The van der Waals surface area contributed by atoms with E-state index < -0.39 is 11.1 Å². The first-order valence-electron chi connectivity index (χ1n) is 3.29. The van der Waals surface area contributed by atoms with Gasteiger partial charge >= 0.3 is 0 Å². The van der Waals surface area contributed by atoms with Crippen LogP contribution in [-0.4, -0.2) is 12.4 Å². The summed E-state index contributed by atoms with van der Waals surface area (Å²) in [6, 6.07) is 2.36. The van der Waals surface area contributed by atoms with E-state index in [1.807, 2.05) is 0 Å². The van der Waals surface area contributed by atoms with Crippen molar-refractivity contribution in [2.75, 3.05) is 7.11 Å². The molecule has 0 aliphatic heterocycles. The van der Waals surface area contributed by atoms with Gasteiger partial charge in [0.2, 0.25) is 0 Å². The molecule has 0 N–H and O–H groups in total. The van der Waals surface area contributed by atoms with E-state index in [9.17, 15) is 9.18 Å². The zero-order valence-electron chi connectivity index (χ0n) is 6.61. The number of benzene rings is 1. The van der Waals surface area contributed by atoms with E-state index in [-0.39, 0.29) is 16.3 Å². The third-order valence-corrected chi connectivity index (χ3v) is 1.93. The highest BCUT2D eigenvalue weighted by atomic mass is 35.5. The molecular weight excluding hydrogens is 218 g/mol. The van der Waals surface area contributed by atoms with Gasteiger partial charge in [-0.2, -0.15) is 0 Å². The minimum Gasteiger partial charge on any atom is -0.497 e. The molecule has 1 aromatic carbocycles. The van der Waals surface area contributed by atoms with Crippen LogP contribution in [0.15, 0.2) is 12.1 Å². The summed E-state index contributed by atoms with van der Waals surface area (Å²) in [4.78, 5) is 10.7. The molecular formula is C8H5Cl2FO2. The molecule has 0 atom stereocenters. The molecule has 0 spiro atoms. The average Bonchev–Trinajstić information content (AvgIpc) is 2.02. The van der Waals surface area contributed by atoms with Crippen molar-refractivity contribution in [2.45, 2.75) is 0 Å². The highest BCUT2D eigenvalue weighted by Crippen LogP contribution is 2.26. The predicted molar refractivity (Wildman–Crippen MR) is 48.1 cm³/mol. The summed E-state index contributed by atoms with van der Waals surface area (Å²) in [5, 5.41) is -0.984. The van der Waals surface area contributed by atoms with E-state index in [2.05, 4.69) is 0 Å². The molecule has 0 saturated heterocycles. The van der Waals surface area contributed by atoms with Gasteiger partial charge in [0.05, 0.1) is 17.7 Å². The Balaban J connectivity index is 3.31. The van der Waals surface area contributed by atoms with Gasteiger partial charge < -0.3 is 4.74 Å². The summed E-state index contributed by atoms with van der Waals surface area (Å²) in [5.41, 5.74) is -0.330. The maximum absolute atomic E-state index is 13.1. The first-order chi connectivity index (χ1) is 6.06. The summed E-state index contributed by atoms with van der Waals surface area (Å²) in [6.45, 7) is 0. The molecule has 1 rings (SSSR count). The molecule has 0 bridgehead atoms. The van der Waals surface area contributed by atoms with Crippen LogP contribution in [0.3, 0.4) is 0 Å². The van der Waals surface area contributed by atoms with Crippen LogP contribution in [0.25, 0.3) is 0 Å². The number of halogens is 3. The minimum absolute atomic E-state index is 0.0585. The lowest BCUT2D eigenvalue weighted by Crippen LogP contribution is -1.97. The van der Waals surface area contributed by atoms with Crippen LogP contribution in [0.4, 0.5) is 4.39 Å². The lowest BCUT2D eigenvalue weighted by molar-refractivity contribution is 0.107. The smallest absolute Gasteiger partial charge is 0.256 e. The SMILES string of the molecule is COc1cc(F)c(C(=O)Cl)c(Cl)c1. The Morgan fingerprint density at radius 1 is 1.54 bits per heavy atom. The molecule has 70 valence electrons. The monoisotopic (exact) mass is 222 g/mol. The zero-order valence-corrected chi connectivity index (χ0v) is 8.12. The minimum atomic E-state index is -0.926. The fourth-order valence-electron chi connectivity index (χ4n) is 0.856. The Bertz CT molecular complexity index is 329. The van der Waals surface area contributed by atoms with Crippen molar-refractivity contribution in [3.8, 4) is 5.75 Å². The topological polar surface area (TPSA) is 26.3 Å². The Labute approximate surface area is 84.2 Å². The third-order valence-electron chi connectivity index (χ3n) is 1.45. The lowest BCUT2D eigenvalue weighted by Gasteiger charge is -2.04. The number of hydrogen-bond donors (Lipinski definition) is 0. The number of methoxy groups -OCH3 is 1. The van der Waals surface area contributed by atoms with E-state index in [1.54, 1.807) is 0 Å². The molecule has 5 heteroatoms. The van der Waals surface area contributed by atoms with Gasteiger partial charge in [-0.3, -0.25) is 4.79 Å². The second kappa shape index (κ2) is 3.94. The molecule has 13 heavy (non-hydrogen) atoms. The molecule has 0 aromatic heterocycles. The van der Waals surface area contributed by atoms with Crippen LogP contribution in [0.1, 0.15) is 10.4 Å². The Hall–Kier alpha value is -0.800. The van der Waals surface area contributed by atoms with Gasteiger partial charge in [0.25, 0.3) is 5.24 Å². The summed E-state index contributed by atoms with van der Waals surface area (Å²) in [5.74, 6) is -0.548. The highest BCUT2D eigenvalue weighted by molar-refractivity contribution is 6.68. The molecule has 0 aliphatic carbocycles. The molecule has 0 aliphatic rings. The van der Waals surface area contributed by atoms with Crippen LogP contribution in [0.5, 0.6) is 5.75 Å². The molecule has 0 radical (unpaired) electrons. The molecule has 0 amide bonds. The van der Waals surface area contributed by atoms with Crippen molar-refractivity contribution in [3.63, 3.8) is 0 Å². The predicted octanol–water partition coefficient (Wildman–Crippen LogP) is 2.87. The maximum Gasteiger partial charge on any atom is 0.256 e. The highest BCUT2D eigenvalue weighted by Gasteiger charge is 2.15. The van der Waals surface area contributed by atoms with Gasteiger partial charge in [0.15, 0.2) is 0 Å². The van der Waals surface area contributed by atoms with Gasteiger partial charge in [-0.05, 0) is 17.7 Å². The van der Waals surface area contributed by atoms with Gasteiger partial charge in [-0.25, -0.2) is 4.39 Å². The van der Waals surface area contributed by atoms with E-state index in [4.69, 9.17) is 27.9 Å². The van der Waals surface area contributed by atoms with Crippen molar-refractivity contribution < 1.29 is 13.9 Å². The van der Waals surface area contributed by atoms with Gasteiger partial charge in [-0.15, -0.1) is 0 Å². The van der Waals surface area contributed by atoms with Crippen molar-refractivity contribution in [1.82, 2.24) is 0 Å². The summed E-state index contributed by atoms with van der Waals surface area (Å²) in [6.07, 6.45) is 0. The molecule has 0 heterocycles. The second-order valence-electron chi connectivity index (χ2n) is 2.24. The second-order valence-corrected chi connectivity index (χ2v) is 2.99. The molecule has 1 aromatic rings. The quantitative estimate of drug-likeness (QED) is 0.720. The Kier molecular flexibility index (Phi) is 3.12. The maximum atomic E-state index is 13.1. The van der Waals surface area contributed by atoms with Crippen LogP contribution in [0, 0.1) is 5.82 Å². The van der Waals surface area contributed by atoms with Gasteiger partial charge in [0, 0.05) is 6.07 Å². The number of carbonyl (C=O) groups is 1. The van der Waals surface area contributed by atoms with Crippen LogP contribution >= 0.6 is 23.2 Å². The van der Waals surface area contributed by atoms with E-state index in [1.165, 1.54) is 13.2 Å². The fraction of sp³-hybridized carbons (Fsp3) is 0.125. The number of rotatable bonds is 2. The van der Waals surface area contributed by atoms with Crippen molar-refractivity contribution in [1.29, 1.82) is 0 Å². The van der Waals surface area contributed by atoms with Crippen LogP contribution in [0.2, 0.25) is 5.02 Å². The summed E-state index contributed by atoms with van der Waals surface area (Å²) in [7, 11) is 1.37. The largest absolute Gasteiger partial charge is 0.497 e. The fourth-order valence-corrected chi connectivity index (χ4v) is 1.38. The summed E-state index contributed by atoms with van der Waals surface area (Å²) < 4.78 is 17.8. The van der Waals surface area contributed by atoms with Crippen molar-refractivity contribution in [2.24, 2.45) is 0 Å². The number of hydrogen-bond acceptors (Lipinski definition) is 2. The molecule has 0 unspecified atom stereocenters. The molecule has 0 fully saturated rings. The summed E-state index contributed by atoms with van der Waals surface area (Å²) >= 11 is 10.7. The van der Waals surface area contributed by atoms with Gasteiger partial charge in [0.1, 0.15) is 11.6 Å². The molecule has 2 nitrogen and oxygen atoms in total. The normalized spacial score (nSPS) is 9.85. The third kappa shape index (κ3) is 2.11. The average molecular weight is 223 g/mol. The first kappa shape index (κ1) is 10.3. The van der Waals surface area contributed by atoms with Crippen molar-refractivity contribution in [3.05, 3.63) is 28.5 Å². The first-order valence-corrected chi connectivity index (χ1v) is 4.04. The zero-order chi connectivity index (χ0) is 10.0. The van der Waals surface area contributed by atoms with Gasteiger partial charge in [-0.1, -0.05) is 11.6 Å². The Morgan fingerprint density at radius 2 is 2.15 bits per heavy atom. The lowest BCUT2D eigenvalue weighted by atomic mass is 10.2. The Morgan fingerprint density at radius 3 is 2.54 bits per heavy atom. The van der Waals surface area contributed by atoms with Crippen LogP contribution in [-0.2, 0) is 0 Å². The van der Waals surface area contributed by atoms with Crippen molar-refractivity contribution >= 4 is 28.4 Å². The molecule has 0 saturated carbocycles. The van der Waals surface area contributed by atoms with Crippen LogP contribution < -0.4 is 4.74 Å². The van der Waals surface area contributed by atoms with E-state index in [0.29, 0.717) is 0 Å². The number of carbonyl (C=O) groups excluding carboxylic acids is 1. The van der Waals surface area contributed by atoms with E-state index >= 15 is 0 Å². The number of ether oxygens (including phenoxy) is 1. The van der Waals surface area contributed by atoms with E-state index in [0.717, 1.165) is 6.07 Å².